The van der Waals surface area contributed by atoms with Gasteiger partial charge in [0.05, 0.1) is 34.3 Å². The molecule has 0 aliphatic heterocycles. The number of nitrogens with one attached hydrogen (secondary N) is 2. The van der Waals surface area contributed by atoms with Crippen LogP contribution in [0.3, 0.4) is 0 Å². The Kier molecular flexibility index (Phi) is 5.09. The van der Waals surface area contributed by atoms with Gasteiger partial charge in [-0.25, -0.2) is 5.84 Å². The topological polar surface area (TPSA) is 163 Å². The van der Waals surface area contributed by atoms with Crippen molar-refractivity contribution in [2.75, 3.05) is 12.4 Å². The van der Waals surface area contributed by atoms with E-state index in [-0.39, 0.29) is 11.3 Å². The van der Waals surface area contributed by atoms with Crippen molar-refractivity contribution in [1.82, 2.24) is 5.43 Å². The highest BCUT2D eigenvalue weighted by Crippen LogP contribution is 2.37. The number of ether oxygens (including phenoxy) is 1. The van der Waals surface area contributed by atoms with Crippen LogP contribution in [0.15, 0.2) is 36.4 Å². The van der Waals surface area contributed by atoms with Gasteiger partial charge in [-0.3, -0.25) is 30.4 Å². The maximum Gasteiger partial charge on any atom is 0.300 e. The second-order valence-corrected chi connectivity index (χ2v) is 4.70. The summed E-state index contributed by atoms with van der Waals surface area (Å²) < 4.78 is 5.14. The van der Waals surface area contributed by atoms with Crippen LogP contribution in [-0.2, 0) is 0 Å². The third-order valence-electron chi connectivity index (χ3n) is 3.25. The number of para-hydroxylation sites is 2. The molecule has 0 fully saturated rings. The van der Waals surface area contributed by atoms with Gasteiger partial charge < -0.3 is 10.1 Å². The fourth-order valence-corrected chi connectivity index (χ4v) is 2.13. The van der Waals surface area contributed by atoms with E-state index in [9.17, 15) is 25.0 Å². The Bertz CT molecular complexity index is 854. The zero-order valence-corrected chi connectivity index (χ0v) is 12.9. The van der Waals surface area contributed by atoms with Crippen molar-refractivity contribution in [3.8, 4) is 5.75 Å². The number of rotatable bonds is 6. The summed E-state index contributed by atoms with van der Waals surface area (Å²) in [5.74, 6) is 4.51. The van der Waals surface area contributed by atoms with E-state index in [0.29, 0.717) is 11.4 Å². The number of carbonyl (C=O) groups excluding carboxylic acids is 1. The standard InChI is InChI=1S/C14H13N5O6/c1-25-12-5-3-2-4-10(12)16-13-9(14(20)17-15)6-8(18(21)22)7-11(13)19(23)24/h2-7,16H,15H2,1H3,(H,17,20). The number of amides is 1. The van der Waals surface area contributed by atoms with Crippen LogP contribution >= 0.6 is 0 Å². The SMILES string of the molecule is COc1ccccc1Nc1c(C(=O)NN)cc([N+](=O)[O-])cc1[N+](=O)[O-]. The average Bonchev–Trinajstić information content (AvgIpc) is 2.61. The highest BCUT2D eigenvalue weighted by Gasteiger charge is 2.28. The third-order valence-corrected chi connectivity index (χ3v) is 3.25. The first-order valence-electron chi connectivity index (χ1n) is 6.76. The predicted molar refractivity (Wildman–Crippen MR) is 87.7 cm³/mol. The van der Waals surface area contributed by atoms with E-state index in [1.54, 1.807) is 24.3 Å². The maximum absolute atomic E-state index is 12.0. The molecule has 4 N–H and O–H groups in total. The summed E-state index contributed by atoms with van der Waals surface area (Å²) in [6.07, 6.45) is 0. The Balaban J connectivity index is 2.70. The largest absolute Gasteiger partial charge is 0.495 e. The van der Waals surface area contributed by atoms with E-state index >= 15 is 0 Å². The van der Waals surface area contributed by atoms with Crippen LogP contribution in [0.2, 0.25) is 0 Å². The van der Waals surface area contributed by atoms with Crippen LogP contribution in [0.25, 0.3) is 0 Å². The van der Waals surface area contributed by atoms with Crippen molar-refractivity contribution in [2.24, 2.45) is 5.84 Å². The van der Waals surface area contributed by atoms with Gasteiger partial charge in [0.15, 0.2) is 0 Å². The van der Waals surface area contributed by atoms with Crippen molar-refractivity contribution in [3.05, 3.63) is 62.2 Å². The molecule has 0 spiro atoms. The number of nitrogens with zero attached hydrogens (tertiary/aromatic N) is 2. The van der Waals surface area contributed by atoms with Crippen LogP contribution in [0.1, 0.15) is 10.4 Å². The molecular weight excluding hydrogens is 334 g/mol. The van der Waals surface area contributed by atoms with Gasteiger partial charge in [0, 0.05) is 6.07 Å². The zero-order valence-electron chi connectivity index (χ0n) is 12.9. The number of hydrogen-bond donors (Lipinski definition) is 3. The molecule has 0 aromatic heterocycles. The molecular formula is C14H13N5O6. The number of nitrogens with two attached hydrogens (primary N) is 1. The normalized spacial score (nSPS) is 10.0. The molecule has 2 aromatic carbocycles. The molecule has 11 heteroatoms. The molecule has 25 heavy (non-hydrogen) atoms. The minimum Gasteiger partial charge on any atom is -0.495 e. The summed E-state index contributed by atoms with van der Waals surface area (Å²) >= 11 is 0. The average molecular weight is 347 g/mol. The Morgan fingerprint density at radius 2 is 1.84 bits per heavy atom. The molecule has 0 aliphatic rings. The van der Waals surface area contributed by atoms with Gasteiger partial charge in [-0.15, -0.1) is 0 Å². The Morgan fingerprint density at radius 1 is 1.16 bits per heavy atom. The number of hydrogen-bond acceptors (Lipinski definition) is 8. The predicted octanol–water partition coefficient (Wildman–Crippen LogP) is 1.86. The van der Waals surface area contributed by atoms with Crippen molar-refractivity contribution < 1.29 is 19.4 Å². The molecule has 0 saturated carbocycles. The summed E-state index contributed by atoms with van der Waals surface area (Å²) in [6.45, 7) is 0. The molecule has 0 aliphatic carbocycles. The lowest BCUT2D eigenvalue weighted by Crippen LogP contribution is -2.30. The van der Waals surface area contributed by atoms with Gasteiger partial charge in [0.2, 0.25) is 0 Å². The number of nitro benzene ring substituents is 2. The number of anilines is 2. The highest BCUT2D eigenvalue weighted by atomic mass is 16.6. The van der Waals surface area contributed by atoms with Crippen LogP contribution < -0.4 is 21.3 Å². The molecule has 0 saturated heterocycles. The lowest BCUT2D eigenvalue weighted by molar-refractivity contribution is -0.393. The van der Waals surface area contributed by atoms with Crippen LogP contribution in [0, 0.1) is 20.2 Å². The van der Waals surface area contributed by atoms with Crippen molar-refractivity contribution in [2.45, 2.75) is 0 Å². The van der Waals surface area contributed by atoms with Crippen LogP contribution in [-0.4, -0.2) is 22.9 Å². The number of benzene rings is 2. The third kappa shape index (κ3) is 3.61. The van der Waals surface area contributed by atoms with Crippen molar-refractivity contribution in [3.63, 3.8) is 0 Å². The molecule has 2 rings (SSSR count). The number of carbonyl (C=O) groups is 1. The number of methoxy groups -OCH3 is 1. The summed E-state index contributed by atoms with van der Waals surface area (Å²) in [5.41, 5.74) is 0.271. The minimum atomic E-state index is -0.927. The van der Waals surface area contributed by atoms with E-state index in [0.717, 1.165) is 12.1 Å². The Morgan fingerprint density at radius 3 is 2.40 bits per heavy atom. The first-order valence-corrected chi connectivity index (χ1v) is 6.76. The van der Waals surface area contributed by atoms with Gasteiger partial charge in [0.1, 0.15) is 11.4 Å². The van der Waals surface area contributed by atoms with Gasteiger partial charge >= 0.3 is 0 Å². The van der Waals surface area contributed by atoms with E-state index in [2.05, 4.69) is 5.32 Å². The second kappa shape index (κ2) is 7.23. The van der Waals surface area contributed by atoms with Crippen molar-refractivity contribution >= 4 is 28.7 Å². The lowest BCUT2D eigenvalue weighted by Gasteiger charge is -2.14. The van der Waals surface area contributed by atoms with Gasteiger partial charge in [-0.2, -0.15) is 0 Å². The number of nitro groups is 2. The molecule has 0 heterocycles. The highest BCUT2D eigenvalue weighted by molar-refractivity contribution is 6.03. The van der Waals surface area contributed by atoms with E-state index in [1.807, 2.05) is 5.43 Å². The Hall–Kier alpha value is -3.73. The van der Waals surface area contributed by atoms with Crippen molar-refractivity contribution in [1.29, 1.82) is 0 Å². The van der Waals surface area contributed by atoms with Crippen LogP contribution in [0.4, 0.5) is 22.7 Å². The molecule has 2 aromatic rings. The molecule has 0 atom stereocenters. The molecule has 0 unspecified atom stereocenters. The summed E-state index contributed by atoms with van der Waals surface area (Å²) in [4.78, 5) is 32.6. The maximum atomic E-state index is 12.0. The quantitative estimate of drug-likeness (QED) is 0.308. The Labute approximate surface area is 140 Å². The monoisotopic (exact) mass is 347 g/mol. The smallest absolute Gasteiger partial charge is 0.300 e. The number of nitrogen functional groups attached to an aromatic ring is 1. The first-order chi connectivity index (χ1) is 11.9. The van der Waals surface area contributed by atoms with E-state index < -0.39 is 27.1 Å². The first kappa shape index (κ1) is 17.6. The molecule has 1 amide bonds. The van der Waals surface area contributed by atoms with Crippen LogP contribution in [0.5, 0.6) is 5.75 Å². The number of hydrazine groups is 1. The lowest BCUT2D eigenvalue weighted by atomic mass is 10.1. The summed E-state index contributed by atoms with van der Waals surface area (Å²) in [6, 6.07) is 8.14. The van der Waals surface area contributed by atoms with E-state index in [1.165, 1.54) is 7.11 Å². The zero-order chi connectivity index (χ0) is 18.6. The second-order valence-electron chi connectivity index (χ2n) is 4.70. The van der Waals surface area contributed by atoms with Gasteiger partial charge in [-0.1, -0.05) is 12.1 Å². The molecule has 0 radical (unpaired) electrons. The molecule has 130 valence electrons. The minimum absolute atomic E-state index is 0.247. The van der Waals surface area contributed by atoms with E-state index in [4.69, 9.17) is 10.6 Å². The molecule has 11 nitrogen and oxygen atoms in total. The summed E-state index contributed by atoms with van der Waals surface area (Å²) in [7, 11) is 1.40. The van der Waals surface area contributed by atoms with Gasteiger partial charge in [-0.05, 0) is 12.1 Å². The van der Waals surface area contributed by atoms with Gasteiger partial charge in [0.25, 0.3) is 17.3 Å². The fraction of sp³-hybridized carbons (Fsp3) is 0.0714. The number of non-ortho nitro benzene ring substituents is 1. The summed E-state index contributed by atoms with van der Waals surface area (Å²) in [5, 5.41) is 25.1. The fourth-order valence-electron chi connectivity index (χ4n) is 2.13. The molecule has 0 bridgehead atoms.